The predicted molar refractivity (Wildman–Crippen MR) is 109 cm³/mol. The van der Waals surface area contributed by atoms with Crippen molar-refractivity contribution in [3.63, 3.8) is 0 Å². The number of carbonyl (C=O) groups is 2. The highest BCUT2D eigenvalue weighted by Gasteiger charge is 2.10. The van der Waals surface area contributed by atoms with E-state index in [1.807, 2.05) is 12.1 Å². The molecular formula is C23H34O4. The van der Waals surface area contributed by atoms with Gasteiger partial charge in [0, 0.05) is 13.8 Å². The molecule has 1 aromatic carbocycles. The van der Waals surface area contributed by atoms with Crippen molar-refractivity contribution in [3.8, 4) is 0 Å². The van der Waals surface area contributed by atoms with Gasteiger partial charge in [-0.2, -0.15) is 0 Å². The maximum atomic E-state index is 11.1. The number of benzene rings is 1. The first-order valence-corrected chi connectivity index (χ1v) is 10.1. The summed E-state index contributed by atoms with van der Waals surface area (Å²) in [4.78, 5) is 22.1. The quantitative estimate of drug-likeness (QED) is 0.247. The number of carbonyl (C=O) groups excluding carboxylic acids is 2. The Hall–Kier alpha value is -2.10. The fourth-order valence-corrected chi connectivity index (χ4v) is 2.88. The summed E-state index contributed by atoms with van der Waals surface area (Å²) in [6.45, 7) is 4.81. The zero-order valence-corrected chi connectivity index (χ0v) is 17.0. The Kier molecular flexibility index (Phi) is 11.9. The molecule has 1 aromatic rings. The summed E-state index contributed by atoms with van der Waals surface area (Å²) in [5.74, 6) is -0.988. The van der Waals surface area contributed by atoms with Crippen molar-refractivity contribution in [1.82, 2.24) is 0 Å². The first-order chi connectivity index (χ1) is 13.0. The molecule has 0 saturated carbocycles. The normalized spacial score (nSPS) is 11.1. The molecule has 4 heteroatoms. The summed E-state index contributed by atoms with van der Waals surface area (Å²) in [5.41, 5.74) is 2.30. The Morgan fingerprint density at radius 2 is 1.37 bits per heavy atom. The SMILES string of the molecule is CCCCCCCCCCc1ccc(/C=C/C(OC(C)=O)OC(C)=O)cc1. The van der Waals surface area contributed by atoms with Crippen LogP contribution in [0.1, 0.15) is 83.3 Å². The van der Waals surface area contributed by atoms with Gasteiger partial charge in [0.1, 0.15) is 0 Å². The van der Waals surface area contributed by atoms with Gasteiger partial charge in [-0.25, -0.2) is 0 Å². The molecule has 27 heavy (non-hydrogen) atoms. The molecule has 0 heterocycles. The molecule has 4 nitrogen and oxygen atoms in total. The molecule has 0 saturated heterocycles. The maximum Gasteiger partial charge on any atom is 0.305 e. The minimum absolute atomic E-state index is 0.494. The molecule has 0 unspecified atom stereocenters. The highest BCUT2D eigenvalue weighted by atomic mass is 16.7. The van der Waals surface area contributed by atoms with E-state index in [2.05, 4.69) is 19.1 Å². The fourth-order valence-electron chi connectivity index (χ4n) is 2.88. The van der Waals surface area contributed by atoms with E-state index in [1.54, 1.807) is 12.2 Å². The number of aryl methyl sites for hydroxylation is 1. The van der Waals surface area contributed by atoms with Crippen molar-refractivity contribution in [2.45, 2.75) is 84.8 Å². The first kappa shape index (κ1) is 22.9. The summed E-state index contributed by atoms with van der Waals surface area (Å²) in [5, 5.41) is 0. The van der Waals surface area contributed by atoms with Crippen LogP contribution < -0.4 is 0 Å². The minimum atomic E-state index is -0.989. The van der Waals surface area contributed by atoms with Crippen LogP contribution >= 0.6 is 0 Å². The molecule has 1 rings (SSSR count). The van der Waals surface area contributed by atoms with Crippen molar-refractivity contribution < 1.29 is 19.1 Å². The first-order valence-electron chi connectivity index (χ1n) is 10.1. The lowest BCUT2D eigenvalue weighted by atomic mass is 10.0. The van der Waals surface area contributed by atoms with Crippen LogP contribution in [0.4, 0.5) is 0 Å². The van der Waals surface area contributed by atoms with Gasteiger partial charge in [0.15, 0.2) is 0 Å². The van der Waals surface area contributed by atoms with Crippen molar-refractivity contribution in [2.75, 3.05) is 0 Å². The molecule has 0 atom stereocenters. The Morgan fingerprint density at radius 1 is 0.852 bits per heavy atom. The summed E-state index contributed by atoms with van der Waals surface area (Å²) in [6, 6.07) is 8.28. The van der Waals surface area contributed by atoms with E-state index in [9.17, 15) is 9.59 Å². The minimum Gasteiger partial charge on any atom is -0.421 e. The van der Waals surface area contributed by atoms with Crippen molar-refractivity contribution in [3.05, 3.63) is 41.5 Å². The van der Waals surface area contributed by atoms with Crippen LogP contribution in [0.25, 0.3) is 6.08 Å². The van der Waals surface area contributed by atoms with Crippen molar-refractivity contribution >= 4 is 18.0 Å². The van der Waals surface area contributed by atoms with Gasteiger partial charge >= 0.3 is 11.9 Å². The average Bonchev–Trinajstić information content (AvgIpc) is 2.62. The van der Waals surface area contributed by atoms with E-state index in [1.165, 1.54) is 70.8 Å². The van der Waals surface area contributed by atoms with Crippen LogP contribution in [0.2, 0.25) is 0 Å². The van der Waals surface area contributed by atoms with Crippen LogP contribution in [-0.4, -0.2) is 18.2 Å². The second-order valence-corrected chi connectivity index (χ2v) is 6.91. The van der Waals surface area contributed by atoms with Gasteiger partial charge < -0.3 is 9.47 Å². The number of unbranched alkanes of at least 4 members (excludes halogenated alkanes) is 7. The van der Waals surface area contributed by atoms with Crippen LogP contribution in [0.15, 0.2) is 30.3 Å². The van der Waals surface area contributed by atoms with Crippen molar-refractivity contribution in [1.29, 1.82) is 0 Å². The van der Waals surface area contributed by atoms with E-state index in [4.69, 9.17) is 9.47 Å². The van der Waals surface area contributed by atoms with E-state index in [0.29, 0.717) is 0 Å². The number of ether oxygens (including phenoxy) is 2. The van der Waals surface area contributed by atoms with Crippen molar-refractivity contribution in [2.24, 2.45) is 0 Å². The maximum absolute atomic E-state index is 11.1. The largest absolute Gasteiger partial charge is 0.421 e. The van der Waals surface area contributed by atoms with Gasteiger partial charge in [0.2, 0.25) is 0 Å². The number of hydrogen-bond donors (Lipinski definition) is 0. The number of hydrogen-bond acceptors (Lipinski definition) is 4. The zero-order valence-electron chi connectivity index (χ0n) is 17.0. The molecule has 0 fully saturated rings. The van der Waals surface area contributed by atoms with Crippen LogP contribution in [0, 0.1) is 0 Å². The summed E-state index contributed by atoms with van der Waals surface area (Å²) < 4.78 is 9.89. The molecule has 0 spiro atoms. The molecule has 0 radical (unpaired) electrons. The van der Waals surface area contributed by atoms with Gasteiger partial charge in [0.25, 0.3) is 6.29 Å². The molecule has 0 amide bonds. The summed E-state index contributed by atoms with van der Waals surface area (Å²) in [7, 11) is 0. The molecule has 150 valence electrons. The third kappa shape index (κ3) is 12.0. The van der Waals surface area contributed by atoms with E-state index in [0.717, 1.165) is 12.0 Å². The van der Waals surface area contributed by atoms with Gasteiger partial charge in [-0.15, -0.1) is 0 Å². The van der Waals surface area contributed by atoms with E-state index >= 15 is 0 Å². The smallest absolute Gasteiger partial charge is 0.305 e. The summed E-state index contributed by atoms with van der Waals surface area (Å²) >= 11 is 0. The Balaban J connectivity index is 2.35. The Morgan fingerprint density at radius 3 is 1.89 bits per heavy atom. The van der Waals surface area contributed by atoms with Crippen LogP contribution in [-0.2, 0) is 25.5 Å². The zero-order chi connectivity index (χ0) is 19.9. The molecule has 0 aliphatic heterocycles. The average molecular weight is 375 g/mol. The van der Waals surface area contributed by atoms with E-state index < -0.39 is 18.2 Å². The fraction of sp³-hybridized carbons (Fsp3) is 0.565. The monoisotopic (exact) mass is 374 g/mol. The number of esters is 2. The standard InChI is InChI=1S/C23H34O4/c1-4-5-6-7-8-9-10-11-12-21-13-15-22(16-14-21)17-18-23(26-19(2)24)27-20(3)25/h13-18,23H,4-12H2,1-3H3/b18-17+. The van der Waals surface area contributed by atoms with Gasteiger partial charge in [-0.05, 0) is 30.0 Å². The van der Waals surface area contributed by atoms with Crippen LogP contribution in [0.3, 0.4) is 0 Å². The number of rotatable bonds is 13. The Labute approximate surface area is 163 Å². The molecule has 0 N–H and O–H groups in total. The third-order valence-electron chi connectivity index (χ3n) is 4.31. The molecule has 0 bridgehead atoms. The van der Waals surface area contributed by atoms with E-state index in [-0.39, 0.29) is 0 Å². The van der Waals surface area contributed by atoms with Crippen LogP contribution in [0.5, 0.6) is 0 Å². The molecule has 0 aliphatic rings. The lowest BCUT2D eigenvalue weighted by molar-refractivity contribution is -0.176. The molecule has 0 aromatic heterocycles. The second-order valence-electron chi connectivity index (χ2n) is 6.91. The highest BCUT2D eigenvalue weighted by molar-refractivity contribution is 5.68. The molecular weight excluding hydrogens is 340 g/mol. The predicted octanol–water partition coefficient (Wildman–Crippen LogP) is 5.84. The van der Waals surface area contributed by atoms with Gasteiger partial charge in [-0.3, -0.25) is 9.59 Å². The van der Waals surface area contributed by atoms with Gasteiger partial charge in [-0.1, -0.05) is 82.2 Å². The molecule has 0 aliphatic carbocycles. The lowest BCUT2D eigenvalue weighted by Gasteiger charge is -2.12. The Bertz CT molecular complexity index is 559. The second kappa shape index (κ2) is 14.0. The third-order valence-corrected chi connectivity index (χ3v) is 4.31. The highest BCUT2D eigenvalue weighted by Crippen LogP contribution is 2.13. The topological polar surface area (TPSA) is 52.6 Å². The lowest BCUT2D eigenvalue weighted by Crippen LogP contribution is -2.19. The summed E-state index contributed by atoms with van der Waals surface area (Å²) in [6.07, 6.45) is 14.1. The van der Waals surface area contributed by atoms with Gasteiger partial charge in [0.05, 0.1) is 0 Å².